The summed E-state index contributed by atoms with van der Waals surface area (Å²) in [4.78, 5) is 15.4. The molecule has 0 aliphatic carbocycles. The molecule has 0 amide bonds. The van der Waals surface area contributed by atoms with Crippen molar-refractivity contribution in [2.24, 2.45) is 0 Å². The van der Waals surface area contributed by atoms with E-state index >= 15 is 4.39 Å². The molecule has 3 unspecified atom stereocenters. The highest BCUT2D eigenvalue weighted by Crippen LogP contribution is 2.41. The van der Waals surface area contributed by atoms with Gasteiger partial charge in [0.05, 0.1) is 6.61 Å². The molecule has 0 aromatic carbocycles. The Hall–Kier alpha value is -2.02. The molecule has 120 valence electrons. The first kappa shape index (κ1) is 16.4. The smallest absolute Gasteiger partial charge is 0.351 e. The van der Waals surface area contributed by atoms with E-state index in [1.54, 1.807) is 0 Å². The van der Waals surface area contributed by atoms with Crippen LogP contribution in [0.4, 0.5) is 14.6 Å². The number of halogens is 2. The SMILES string of the molecule is Cc1cc(N)nc(=O)n1C1OC(CO)[C@H](O)C1(F)C#CCF. The molecule has 22 heavy (non-hydrogen) atoms. The minimum absolute atomic E-state index is 0.0599. The van der Waals surface area contributed by atoms with E-state index in [-0.39, 0.29) is 11.5 Å². The van der Waals surface area contributed by atoms with Gasteiger partial charge in [-0.15, -0.1) is 0 Å². The molecule has 7 nitrogen and oxygen atoms in total. The summed E-state index contributed by atoms with van der Waals surface area (Å²) in [6, 6.07) is 1.31. The second-order valence-electron chi connectivity index (χ2n) is 4.83. The fraction of sp³-hybridized carbons (Fsp3) is 0.538. The number of nitrogens with zero attached hydrogens (tertiary/aromatic N) is 2. The number of aromatic nitrogens is 2. The van der Waals surface area contributed by atoms with Crippen molar-refractivity contribution >= 4 is 5.82 Å². The van der Waals surface area contributed by atoms with Crippen LogP contribution in [0.15, 0.2) is 10.9 Å². The molecule has 1 fully saturated rings. The first-order valence-electron chi connectivity index (χ1n) is 6.40. The molecule has 0 radical (unpaired) electrons. The molecule has 9 heteroatoms. The number of alkyl halides is 2. The number of aliphatic hydroxyl groups is 2. The third kappa shape index (κ3) is 2.56. The first-order valence-corrected chi connectivity index (χ1v) is 6.40. The number of rotatable bonds is 2. The molecule has 1 aromatic heterocycles. The molecular formula is C13H15F2N3O4. The normalized spacial score (nSPS) is 30.9. The van der Waals surface area contributed by atoms with Crippen molar-refractivity contribution in [2.45, 2.75) is 31.0 Å². The predicted octanol–water partition coefficient (Wildman–Crippen LogP) is -0.934. The Morgan fingerprint density at radius 2 is 2.32 bits per heavy atom. The lowest BCUT2D eigenvalue weighted by molar-refractivity contribution is -0.0551. The Kier molecular flexibility index (Phi) is 4.46. The van der Waals surface area contributed by atoms with E-state index < -0.39 is 43.1 Å². The number of aryl methyl sites for hydroxylation is 1. The van der Waals surface area contributed by atoms with E-state index in [1.807, 2.05) is 11.8 Å². The van der Waals surface area contributed by atoms with E-state index in [0.29, 0.717) is 0 Å². The Balaban J connectivity index is 2.59. The number of ether oxygens (including phenoxy) is 1. The number of hydrogen-bond acceptors (Lipinski definition) is 6. The molecule has 1 aliphatic heterocycles. The highest BCUT2D eigenvalue weighted by Gasteiger charge is 2.58. The second-order valence-corrected chi connectivity index (χ2v) is 4.83. The topological polar surface area (TPSA) is 111 Å². The standard InChI is InChI=1S/C13H15F2N3O4/c1-7-5-9(16)17-12(21)18(7)11-13(15,3-2-4-14)10(20)8(6-19)22-11/h5,8,10-11,19-20H,4,6H2,1H3,(H2,16,17,21)/t8?,10-,11?,13?/m0/s1. The van der Waals surface area contributed by atoms with Gasteiger partial charge in [-0.05, 0) is 13.0 Å². The van der Waals surface area contributed by atoms with Gasteiger partial charge in [-0.2, -0.15) is 4.98 Å². The molecule has 2 heterocycles. The van der Waals surface area contributed by atoms with Crippen molar-refractivity contribution in [3.8, 4) is 11.8 Å². The third-order valence-corrected chi connectivity index (χ3v) is 3.37. The van der Waals surface area contributed by atoms with Gasteiger partial charge in [-0.3, -0.25) is 4.57 Å². The minimum atomic E-state index is -2.77. The van der Waals surface area contributed by atoms with Gasteiger partial charge in [0.15, 0.2) is 6.23 Å². The van der Waals surface area contributed by atoms with Gasteiger partial charge in [0.2, 0.25) is 5.67 Å². The minimum Gasteiger partial charge on any atom is -0.394 e. The van der Waals surface area contributed by atoms with Crippen molar-refractivity contribution < 1.29 is 23.7 Å². The Morgan fingerprint density at radius 3 is 2.86 bits per heavy atom. The number of anilines is 1. The Bertz CT molecular complexity index is 684. The van der Waals surface area contributed by atoms with Crippen molar-refractivity contribution in [1.29, 1.82) is 0 Å². The van der Waals surface area contributed by atoms with Crippen molar-refractivity contribution in [2.75, 3.05) is 19.0 Å². The summed E-state index contributed by atoms with van der Waals surface area (Å²) in [7, 11) is 0. The fourth-order valence-corrected chi connectivity index (χ4v) is 2.37. The van der Waals surface area contributed by atoms with Crippen molar-refractivity contribution in [3.05, 3.63) is 22.2 Å². The Labute approximate surface area is 124 Å². The zero-order chi connectivity index (χ0) is 16.5. The van der Waals surface area contributed by atoms with Gasteiger partial charge < -0.3 is 20.7 Å². The fourth-order valence-electron chi connectivity index (χ4n) is 2.37. The summed E-state index contributed by atoms with van der Waals surface area (Å²) >= 11 is 0. The molecule has 1 aromatic rings. The van der Waals surface area contributed by atoms with Gasteiger partial charge in [-0.1, -0.05) is 11.8 Å². The van der Waals surface area contributed by atoms with E-state index in [0.717, 1.165) is 4.57 Å². The van der Waals surface area contributed by atoms with E-state index in [4.69, 9.17) is 15.6 Å². The van der Waals surface area contributed by atoms with Gasteiger partial charge in [0, 0.05) is 5.69 Å². The number of hydrogen-bond donors (Lipinski definition) is 3. The maximum Gasteiger partial charge on any atom is 0.351 e. The van der Waals surface area contributed by atoms with Crippen LogP contribution in [-0.2, 0) is 4.74 Å². The van der Waals surface area contributed by atoms with E-state index in [9.17, 15) is 14.3 Å². The molecule has 1 saturated heterocycles. The summed E-state index contributed by atoms with van der Waals surface area (Å²) < 4.78 is 33.4. The van der Waals surface area contributed by atoms with Crippen LogP contribution in [0, 0.1) is 18.8 Å². The zero-order valence-corrected chi connectivity index (χ0v) is 11.7. The zero-order valence-electron chi connectivity index (χ0n) is 11.7. The van der Waals surface area contributed by atoms with Gasteiger partial charge >= 0.3 is 5.69 Å². The summed E-state index contributed by atoms with van der Waals surface area (Å²) in [6.45, 7) is -0.371. The van der Waals surface area contributed by atoms with E-state index in [1.165, 1.54) is 13.0 Å². The van der Waals surface area contributed by atoms with Crippen LogP contribution in [0.25, 0.3) is 0 Å². The summed E-state index contributed by atoms with van der Waals surface area (Å²) in [5.74, 6) is 3.76. The van der Waals surface area contributed by atoms with Crippen molar-refractivity contribution in [3.63, 3.8) is 0 Å². The molecule has 0 spiro atoms. The molecule has 4 atom stereocenters. The molecule has 0 bridgehead atoms. The maximum absolute atomic E-state index is 15.1. The highest BCUT2D eigenvalue weighted by molar-refractivity contribution is 5.30. The van der Waals surface area contributed by atoms with E-state index in [2.05, 4.69) is 4.98 Å². The third-order valence-electron chi connectivity index (χ3n) is 3.37. The predicted molar refractivity (Wildman–Crippen MR) is 72.2 cm³/mol. The highest BCUT2D eigenvalue weighted by atomic mass is 19.1. The summed E-state index contributed by atoms with van der Waals surface area (Å²) in [5.41, 5.74) is 1.97. The molecular weight excluding hydrogens is 300 g/mol. The molecule has 1 aliphatic rings. The van der Waals surface area contributed by atoms with Crippen LogP contribution in [0.5, 0.6) is 0 Å². The lowest BCUT2D eigenvalue weighted by atomic mass is 9.96. The lowest BCUT2D eigenvalue weighted by Gasteiger charge is -2.25. The Morgan fingerprint density at radius 1 is 1.64 bits per heavy atom. The second kappa shape index (κ2) is 6.00. The number of nitrogen functional groups attached to an aromatic ring is 1. The van der Waals surface area contributed by atoms with Crippen LogP contribution in [-0.4, -0.2) is 50.9 Å². The summed E-state index contributed by atoms with van der Waals surface area (Å²) in [6.07, 6.45) is -4.85. The molecule has 0 saturated carbocycles. The van der Waals surface area contributed by atoms with Crippen LogP contribution < -0.4 is 11.4 Å². The van der Waals surface area contributed by atoms with Crippen LogP contribution in [0.2, 0.25) is 0 Å². The lowest BCUT2D eigenvalue weighted by Crippen LogP contribution is -2.45. The van der Waals surface area contributed by atoms with Gasteiger partial charge in [-0.25, -0.2) is 13.6 Å². The quantitative estimate of drug-likeness (QED) is 0.608. The number of aliphatic hydroxyl groups excluding tert-OH is 2. The maximum atomic E-state index is 15.1. The van der Waals surface area contributed by atoms with Crippen LogP contribution in [0.3, 0.4) is 0 Å². The average Bonchev–Trinajstić information content (AvgIpc) is 2.69. The van der Waals surface area contributed by atoms with Crippen LogP contribution in [0.1, 0.15) is 11.9 Å². The van der Waals surface area contributed by atoms with Crippen LogP contribution >= 0.6 is 0 Å². The molecule has 2 rings (SSSR count). The van der Waals surface area contributed by atoms with Gasteiger partial charge in [0.1, 0.15) is 24.7 Å². The number of nitrogens with two attached hydrogens (primary N) is 1. The van der Waals surface area contributed by atoms with Crippen molar-refractivity contribution in [1.82, 2.24) is 9.55 Å². The largest absolute Gasteiger partial charge is 0.394 e. The van der Waals surface area contributed by atoms with Gasteiger partial charge in [0.25, 0.3) is 0 Å². The summed E-state index contributed by atoms with van der Waals surface area (Å²) in [5, 5.41) is 19.1. The first-order chi connectivity index (χ1) is 10.3. The monoisotopic (exact) mass is 315 g/mol. The molecule has 4 N–H and O–H groups in total. The average molecular weight is 315 g/mol.